The number of benzene rings is 1. The minimum absolute atomic E-state index is 0.197. The van der Waals surface area contributed by atoms with E-state index in [0.29, 0.717) is 5.56 Å². The number of anilines is 1. The molecule has 0 amide bonds. The van der Waals surface area contributed by atoms with Gasteiger partial charge in [-0.3, -0.25) is 0 Å². The molecule has 1 heterocycles. The molecule has 2 rings (SSSR count). The molecule has 0 saturated heterocycles. The first-order chi connectivity index (χ1) is 8.22. The van der Waals surface area contributed by atoms with Gasteiger partial charge in [-0.2, -0.15) is 16.6 Å². The number of halogens is 1. The second kappa shape index (κ2) is 5.35. The van der Waals surface area contributed by atoms with E-state index in [-0.39, 0.29) is 6.04 Å². The fraction of sp³-hybridized carbons (Fsp3) is 0.154. The van der Waals surface area contributed by atoms with Crippen LogP contribution < -0.4 is 5.32 Å². The summed E-state index contributed by atoms with van der Waals surface area (Å²) >= 11 is 5.06. The van der Waals surface area contributed by atoms with Crippen LogP contribution in [0.15, 0.2) is 39.5 Å². The highest BCUT2D eigenvalue weighted by molar-refractivity contribution is 9.10. The standard InChI is InChI=1S/C13H11BrN2S/c1-9(10-5-6-17-8-10)16-13-4-2-3-12(14)11(13)7-15/h2-6,8-9,16H,1H3. The van der Waals surface area contributed by atoms with E-state index in [1.54, 1.807) is 11.3 Å². The molecule has 1 atom stereocenters. The Morgan fingerprint density at radius 1 is 1.41 bits per heavy atom. The number of hydrogen-bond acceptors (Lipinski definition) is 3. The Hall–Kier alpha value is -1.31. The van der Waals surface area contributed by atoms with Gasteiger partial charge in [0.15, 0.2) is 0 Å². The molecule has 4 heteroatoms. The Labute approximate surface area is 113 Å². The average Bonchev–Trinajstić information content (AvgIpc) is 2.82. The van der Waals surface area contributed by atoms with Gasteiger partial charge in [0.05, 0.1) is 11.3 Å². The molecule has 1 aromatic carbocycles. The van der Waals surface area contributed by atoms with Crippen molar-refractivity contribution in [3.05, 3.63) is 50.6 Å². The third kappa shape index (κ3) is 2.68. The van der Waals surface area contributed by atoms with Crippen molar-refractivity contribution >= 4 is 33.0 Å². The lowest BCUT2D eigenvalue weighted by Crippen LogP contribution is -2.06. The molecule has 17 heavy (non-hydrogen) atoms. The average molecular weight is 307 g/mol. The lowest BCUT2D eigenvalue weighted by Gasteiger charge is -2.15. The summed E-state index contributed by atoms with van der Waals surface area (Å²) in [5.74, 6) is 0. The molecule has 0 aliphatic carbocycles. The monoisotopic (exact) mass is 306 g/mol. The van der Waals surface area contributed by atoms with E-state index in [1.165, 1.54) is 5.56 Å². The van der Waals surface area contributed by atoms with E-state index in [1.807, 2.05) is 18.2 Å². The van der Waals surface area contributed by atoms with Crippen molar-refractivity contribution in [2.45, 2.75) is 13.0 Å². The quantitative estimate of drug-likeness (QED) is 0.902. The highest BCUT2D eigenvalue weighted by Crippen LogP contribution is 2.27. The van der Waals surface area contributed by atoms with E-state index < -0.39 is 0 Å². The number of thiophene rings is 1. The lowest BCUT2D eigenvalue weighted by molar-refractivity contribution is 0.889. The van der Waals surface area contributed by atoms with Gasteiger partial charge in [-0.1, -0.05) is 6.07 Å². The van der Waals surface area contributed by atoms with Gasteiger partial charge in [-0.05, 0) is 57.4 Å². The number of nitriles is 1. The fourth-order valence-corrected chi connectivity index (χ4v) is 2.80. The van der Waals surface area contributed by atoms with Gasteiger partial charge < -0.3 is 5.32 Å². The summed E-state index contributed by atoms with van der Waals surface area (Å²) in [6, 6.07) is 10.2. The molecular weight excluding hydrogens is 296 g/mol. The lowest BCUT2D eigenvalue weighted by atomic mass is 10.1. The summed E-state index contributed by atoms with van der Waals surface area (Å²) in [5, 5.41) is 16.7. The summed E-state index contributed by atoms with van der Waals surface area (Å²) in [6.07, 6.45) is 0. The van der Waals surface area contributed by atoms with Gasteiger partial charge >= 0.3 is 0 Å². The Bertz CT molecular complexity index is 543. The van der Waals surface area contributed by atoms with E-state index in [0.717, 1.165) is 10.2 Å². The van der Waals surface area contributed by atoms with Crippen LogP contribution in [0, 0.1) is 11.3 Å². The van der Waals surface area contributed by atoms with Crippen LogP contribution in [0.2, 0.25) is 0 Å². The Morgan fingerprint density at radius 3 is 2.88 bits per heavy atom. The van der Waals surface area contributed by atoms with E-state index in [9.17, 15) is 0 Å². The zero-order chi connectivity index (χ0) is 12.3. The predicted octanol–water partition coefficient (Wildman–Crippen LogP) is 4.56. The van der Waals surface area contributed by atoms with E-state index in [2.05, 4.69) is 51.1 Å². The first kappa shape index (κ1) is 12.2. The number of nitrogens with one attached hydrogen (secondary N) is 1. The van der Waals surface area contributed by atoms with Gasteiger partial charge in [0.2, 0.25) is 0 Å². The van der Waals surface area contributed by atoms with Crippen LogP contribution in [0.1, 0.15) is 24.1 Å². The minimum atomic E-state index is 0.197. The fourth-order valence-electron chi connectivity index (χ4n) is 1.60. The molecule has 2 nitrogen and oxygen atoms in total. The number of nitrogens with zero attached hydrogens (tertiary/aromatic N) is 1. The molecule has 86 valence electrons. The molecule has 0 bridgehead atoms. The van der Waals surface area contributed by atoms with Gasteiger partial charge in [0, 0.05) is 10.5 Å². The molecule has 1 N–H and O–H groups in total. The molecule has 1 aromatic heterocycles. The third-order valence-electron chi connectivity index (χ3n) is 2.54. The van der Waals surface area contributed by atoms with Crippen LogP contribution in [-0.2, 0) is 0 Å². The first-order valence-corrected chi connectivity index (χ1v) is 6.93. The maximum Gasteiger partial charge on any atom is 0.103 e. The molecule has 0 saturated carbocycles. The van der Waals surface area contributed by atoms with E-state index >= 15 is 0 Å². The summed E-state index contributed by atoms with van der Waals surface area (Å²) in [5.41, 5.74) is 2.74. The zero-order valence-electron chi connectivity index (χ0n) is 9.27. The van der Waals surface area contributed by atoms with Crippen molar-refractivity contribution in [3.8, 4) is 6.07 Å². The second-order valence-electron chi connectivity index (χ2n) is 3.70. The minimum Gasteiger partial charge on any atom is -0.377 e. The Balaban J connectivity index is 2.25. The van der Waals surface area contributed by atoms with Crippen molar-refractivity contribution < 1.29 is 0 Å². The normalized spacial score (nSPS) is 11.8. The zero-order valence-corrected chi connectivity index (χ0v) is 11.7. The summed E-state index contributed by atoms with van der Waals surface area (Å²) in [4.78, 5) is 0. The van der Waals surface area contributed by atoms with Crippen LogP contribution in [0.5, 0.6) is 0 Å². The van der Waals surface area contributed by atoms with Crippen molar-refractivity contribution in [1.82, 2.24) is 0 Å². The van der Waals surface area contributed by atoms with Crippen molar-refractivity contribution in [2.75, 3.05) is 5.32 Å². The molecule has 0 fully saturated rings. The largest absolute Gasteiger partial charge is 0.377 e. The van der Waals surface area contributed by atoms with Gasteiger partial charge in [-0.15, -0.1) is 0 Å². The van der Waals surface area contributed by atoms with E-state index in [4.69, 9.17) is 5.26 Å². The maximum atomic E-state index is 9.12. The van der Waals surface area contributed by atoms with Crippen LogP contribution in [0.3, 0.4) is 0 Å². The summed E-state index contributed by atoms with van der Waals surface area (Å²) < 4.78 is 0.822. The summed E-state index contributed by atoms with van der Waals surface area (Å²) in [7, 11) is 0. The van der Waals surface area contributed by atoms with Crippen molar-refractivity contribution in [2.24, 2.45) is 0 Å². The molecular formula is C13H11BrN2S. The van der Waals surface area contributed by atoms with Crippen LogP contribution in [0.4, 0.5) is 5.69 Å². The second-order valence-corrected chi connectivity index (χ2v) is 5.33. The predicted molar refractivity (Wildman–Crippen MR) is 75.2 cm³/mol. The van der Waals surface area contributed by atoms with Crippen molar-refractivity contribution in [3.63, 3.8) is 0 Å². The molecule has 2 aromatic rings. The number of rotatable bonds is 3. The van der Waals surface area contributed by atoms with Crippen LogP contribution in [0.25, 0.3) is 0 Å². The van der Waals surface area contributed by atoms with Crippen molar-refractivity contribution in [1.29, 1.82) is 5.26 Å². The van der Waals surface area contributed by atoms with Gasteiger partial charge in [0.1, 0.15) is 6.07 Å². The highest BCUT2D eigenvalue weighted by atomic mass is 79.9. The molecule has 0 aliphatic heterocycles. The SMILES string of the molecule is CC(Nc1cccc(Br)c1C#N)c1ccsc1. The molecule has 1 unspecified atom stereocenters. The summed E-state index contributed by atoms with van der Waals surface area (Å²) in [6.45, 7) is 2.09. The molecule has 0 radical (unpaired) electrons. The van der Waals surface area contributed by atoms with Gasteiger partial charge in [0.25, 0.3) is 0 Å². The van der Waals surface area contributed by atoms with Crippen LogP contribution in [-0.4, -0.2) is 0 Å². The Kier molecular flexibility index (Phi) is 3.82. The molecule has 0 aliphatic rings. The Morgan fingerprint density at radius 2 is 2.24 bits per heavy atom. The highest BCUT2D eigenvalue weighted by Gasteiger charge is 2.10. The molecule has 0 spiro atoms. The first-order valence-electron chi connectivity index (χ1n) is 5.19. The van der Waals surface area contributed by atoms with Gasteiger partial charge in [-0.25, -0.2) is 0 Å². The topological polar surface area (TPSA) is 35.8 Å². The van der Waals surface area contributed by atoms with Crippen LogP contribution >= 0.6 is 27.3 Å². The maximum absolute atomic E-state index is 9.12. The third-order valence-corrected chi connectivity index (χ3v) is 3.90. The smallest absolute Gasteiger partial charge is 0.103 e. The number of hydrogen-bond donors (Lipinski definition) is 1.